The Hall–Kier alpha value is -2.05. The monoisotopic (exact) mass is 238 g/mol. The summed E-state index contributed by atoms with van der Waals surface area (Å²) >= 11 is 0. The molecule has 1 atom stereocenters. The fourth-order valence-electron chi connectivity index (χ4n) is 1.46. The van der Waals surface area contributed by atoms with Gasteiger partial charge in [-0.05, 0) is 12.5 Å². The van der Waals surface area contributed by atoms with Crippen LogP contribution in [0.5, 0.6) is 0 Å². The van der Waals surface area contributed by atoms with Gasteiger partial charge in [0.2, 0.25) is 0 Å². The molecule has 8 nitrogen and oxygen atoms in total. The Morgan fingerprint density at radius 2 is 2.59 bits per heavy atom. The molecule has 1 aromatic rings. The average molecular weight is 238 g/mol. The van der Waals surface area contributed by atoms with Crippen LogP contribution in [0.3, 0.4) is 0 Å². The number of imidazole rings is 1. The van der Waals surface area contributed by atoms with Crippen LogP contribution in [0.15, 0.2) is 17.6 Å². The van der Waals surface area contributed by atoms with Crippen molar-refractivity contribution in [2.75, 3.05) is 13.1 Å². The Kier molecular flexibility index (Phi) is 4.99. The SMILES string of the molecule is CCn1cncc1C(NCCN=[N+]=[N-])C(=O)O. The van der Waals surface area contributed by atoms with Crippen LogP contribution < -0.4 is 5.32 Å². The van der Waals surface area contributed by atoms with Crippen molar-refractivity contribution in [2.45, 2.75) is 19.5 Å². The van der Waals surface area contributed by atoms with Crippen LogP contribution in [-0.4, -0.2) is 33.7 Å². The van der Waals surface area contributed by atoms with E-state index in [1.54, 1.807) is 10.9 Å². The van der Waals surface area contributed by atoms with Crippen LogP contribution >= 0.6 is 0 Å². The highest BCUT2D eigenvalue weighted by Gasteiger charge is 2.22. The Labute approximate surface area is 97.9 Å². The van der Waals surface area contributed by atoms with Crippen molar-refractivity contribution in [3.63, 3.8) is 0 Å². The van der Waals surface area contributed by atoms with E-state index >= 15 is 0 Å². The van der Waals surface area contributed by atoms with Crippen molar-refractivity contribution in [3.8, 4) is 0 Å². The number of rotatable bonds is 7. The van der Waals surface area contributed by atoms with E-state index in [2.05, 4.69) is 20.3 Å². The van der Waals surface area contributed by atoms with Crippen LogP contribution in [-0.2, 0) is 11.3 Å². The van der Waals surface area contributed by atoms with E-state index in [0.717, 1.165) is 0 Å². The van der Waals surface area contributed by atoms with Gasteiger partial charge >= 0.3 is 5.97 Å². The zero-order chi connectivity index (χ0) is 12.7. The summed E-state index contributed by atoms with van der Waals surface area (Å²) in [7, 11) is 0. The number of carboxylic acids is 1. The Balaban J connectivity index is 2.72. The lowest BCUT2D eigenvalue weighted by atomic mass is 10.2. The second-order valence-corrected chi connectivity index (χ2v) is 3.28. The van der Waals surface area contributed by atoms with Crippen LogP contribution in [0.25, 0.3) is 10.4 Å². The molecule has 0 aliphatic rings. The van der Waals surface area contributed by atoms with Crippen molar-refractivity contribution in [3.05, 3.63) is 28.7 Å². The van der Waals surface area contributed by atoms with Gasteiger partial charge in [-0.15, -0.1) is 0 Å². The van der Waals surface area contributed by atoms with E-state index in [-0.39, 0.29) is 6.54 Å². The molecule has 0 aromatic carbocycles. The average Bonchev–Trinajstić information content (AvgIpc) is 2.76. The van der Waals surface area contributed by atoms with Gasteiger partial charge in [0.1, 0.15) is 6.04 Å². The van der Waals surface area contributed by atoms with Gasteiger partial charge in [-0.25, -0.2) is 4.98 Å². The normalized spacial score (nSPS) is 11.8. The maximum absolute atomic E-state index is 11.1. The van der Waals surface area contributed by atoms with Gasteiger partial charge in [-0.3, -0.25) is 10.1 Å². The molecule has 0 aliphatic carbocycles. The fraction of sp³-hybridized carbons (Fsp3) is 0.556. The van der Waals surface area contributed by atoms with Crippen LogP contribution in [0.4, 0.5) is 0 Å². The van der Waals surface area contributed by atoms with Gasteiger partial charge < -0.3 is 9.67 Å². The van der Waals surface area contributed by atoms with E-state index in [9.17, 15) is 4.79 Å². The predicted molar refractivity (Wildman–Crippen MR) is 60.3 cm³/mol. The first-order valence-electron chi connectivity index (χ1n) is 5.17. The number of carbonyl (C=O) groups is 1. The third-order valence-corrected chi connectivity index (χ3v) is 2.25. The molecular formula is C9H14N6O2. The number of aromatic nitrogens is 2. The number of hydrogen-bond donors (Lipinski definition) is 2. The number of nitrogens with zero attached hydrogens (tertiary/aromatic N) is 5. The Morgan fingerprint density at radius 1 is 1.82 bits per heavy atom. The highest BCUT2D eigenvalue weighted by Crippen LogP contribution is 2.12. The number of nitrogens with one attached hydrogen (secondary N) is 1. The molecule has 92 valence electrons. The minimum atomic E-state index is -0.985. The standard InChI is InChI=1S/C9H14N6O2/c1-2-15-6-11-5-7(15)8(9(16)17)12-3-4-13-14-10/h5-6,8,12H,2-4H2,1H3,(H,16,17). The van der Waals surface area contributed by atoms with E-state index in [1.807, 2.05) is 6.92 Å². The second-order valence-electron chi connectivity index (χ2n) is 3.28. The summed E-state index contributed by atoms with van der Waals surface area (Å²) in [6.45, 7) is 3.07. The Morgan fingerprint density at radius 3 is 3.18 bits per heavy atom. The van der Waals surface area contributed by atoms with Crippen molar-refractivity contribution in [2.24, 2.45) is 5.11 Å². The molecule has 0 saturated heterocycles. The first-order chi connectivity index (χ1) is 8.20. The van der Waals surface area contributed by atoms with Gasteiger partial charge in [0, 0.05) is 24.5 Å². The van der Waals surface area contributed by atoms with Gasteiger partial charge in [0.15, 0.2) is 0 Å². The van der Waals surface area contributed by atoms with Crippen LogP contribution in [0.1, 0.15) is 18.7 Å². The number of carboxylic acid groups (broad SMARTS) is 1. The third kappa shape index (κ3) is 3.47. The Bertz CT molecular complexity index is 423. The molecule has 1 unspecified atom stereocenters. The summed E-state index contributed by atoms with van der Waals surface area (Å²) < 4.78 is 1.75. The van der Waals surface area contributed by atoms with Gasteiger partial charge in [-0.1, -0.05) is 5.11 Å². The number of hydrogen-bond acceptors (Lipinski definition) is 4. The molecule has 8 heteroatoms. The van der Waals surface area contributed by atoms with E-state index in [1.165, 1.54) is 6.20 Å². The zero-order valence-electron chi connectivity index (χ0n) is 9.44. The summed E-state index contributed by atoms with van der Waals surface area (Å²) in [4.78, 5) is 17.6. The molecule has 17 heavy (non-hydrogen) atoms. The van der Waals surface area contributed by atoms with Crippen LogP contribution in [0.2, 0.25) is 0 Å². The highest BCUT2D eigenvalue weighted by atomic mass is 16.4. The van der Waals surface area contributed by atoms with Crippen LogP contribution in [0, 0.1) is 0 Å². The summed E-state index contributed by atoms with van der Waals surface area (Å²) in [6, 6.07) is -0.841. The van der Waals surface area contributed by atoms with Gasteiger partial charge in [-0.2, -0.15) is 0 Å². The molecule has 0 spiro atoms. The molecular weight excluding hydrogens is 224 g/mol. The summed E-state index contributed by atoms with van der Waals surface area (Å²) in [6.07, 6.45) is 3.10. The molecule has 0 bridgehead atoms. The topological polar surface area (TPSA) is 116 Å². The molecule has 0 amide bonds. The van der Waals surface area contributed by atoms with Crippen molar-refractivity contribution < 1.29 is 9.90 Å². The minimum absolute atomic E-state index is 0.209. The molecule has 2 N–H and O–H groups in total. The maximum Gasteiger partial charge on any atom is 0.326 e. The minimum Gasteiger partial charge on any atom is -0.480 e. The lowest BCUT2D eigenvalue weighted by Crippen LogP contribution is -2.32. The van der Waals surface area contributed by atoms with Crippen molar-refractivity contribution in [1.29, 1.82) is 0 Å². The molecule has 0 aliphatic heterocycles. The molecule has 1 rings (SSSR count). The smallest absolute Gasteiger partial charge is 0.326 e. The van der Waals surface area contributed by atoms with Gasteiger partial charge in [0.05, 0.1) is 18.2 Å². The van der Waals surface area contributed by atoms with E-state index < -0.39 is 12.0 Å². The lowest BCUT2D eigenvalue weighted by Gasteiger charge is -2.15. The highest BCUT2D eigenvalue weighted by molar-refractivity contribution is 5.74. The maximum atomic E-state index is 11.1. The largest absolute Gasteiger partial charge is 0.480 e. The second kappa shape index (κ2) is 6.51. The molecule has 1 heterocycles. The third-order valence-electron chi connectivity index (χ3n) is 2.25. The zero-order valence-corrected chi connectivity index (χ0v) is 9.44. The number of aryl methyl sites for hydroxylation is 1. The number of azide groups is 1. The molecule has 0 fully saturated rings. The van der Waals surface area contributed by atoms with E-state index in [4.69, 9.17) is 10.6 Å². The molecule has 0 saturated carbocycles. The first-order valence-corrected chi connectivity index (χ1v) is 5.17. The summed E-state index contributed by atoms with van der Waals surface area (Å²) in [5.74, 6) is -0.985. The van der Waals surface area contributed by atoms with E-state index in [0.29, 0.717) is 18.8 Å². The summed E-state index contributed by atoms with van der Waals surface area (Å²) in [5.41, 5.74) is 8.69. The fourth-order valence-corrected chi connectivity index (χ4v) is 1.46. The van der Waals surface area contributed by atoms with Crippen molar-refractivity contribution in [1.82, 2.24) is 14.9 Å². The quantitative estimate of drug-likeness (QED) is 0.318. The predicted octanol–water partition coefficient (Wildman–Crippen LogP) is 0.929. The summed E-state index contributed by atoms with van der Waals surface area (Å²) in [5, 5.41) is 15.3. The lowest BCUT2D eigenvalue weighted by molar-refractivity contribution is -0.139. The molecule has 1 aromatic heterocycles. The van der Waals surface area contributed by atoms with Gasteiger partial charge in [0.25, 0.3) is 0 Å². The first kappa shape index (κ1) is 13.0. The van der Waals surface area contributed by atoms with Crippen molar-refractivity contribution >= 4 is 5.97 Å². The molecule has 0 radical (unpaired) electrons. The number of aliphatic carboxylic acids is 1.